The largest absolute Gasteiger partial charge is 0.395 e. The molecular formula is C15H21N7O3. The Bertz CT molecular complexity index is 768. The Morgan fingerprint density at radius 3 is 2.44 bits per heavy atom. The Morgan fingerprint density at radius 2 is 1.88 bits per heavy atom. The number of rotatable bonds is 5. The normalized spacial score (nSPS) is 15.6. The van der Waals surface area contributed by atoms with E-state index in [0.717, 1.165) is 24.5 Å². The first-order chi connectivity index (χ1) is 12.0. The van der Waals surface area contributed by atoms with Crippen molar-refractivity contribution >= 4 is 11.5 Å². The van der Waals surface area contributed by atoms with E-state index < -0.39 is 4.92 Å². The predicted molar refractivity (Wildman–Crippen MR) is 91.0 cm³/mol. The van der Waals surface area contributed by atoms with Crippen LogP contribution in [0.5, 0.6) is 0 Å². The molecule has 0 saturated carbocycles. The summed E-state index contributed by atoms with van der Waals surface area (Å²) in [5.74, 6) is 0.490. The fraction of sp³-hybridized carbons (Fsp3) is 0.533. The van der Waals surface area contributed by atoms with Gasteiger partial charge in [-0.2, -0.15) is 5.10 Å². The average Bonchev–Trinajstić information content (AvgIpc) is 2.93. The molecule has 0 radical (unpaired) electrons. The number of nitrogens with zero attached hydrogens (tertiary/aromatic N) is 7. The first-order valence-corrected chi connectivity index (χ1v) is 8.12. The van der Waals surface area contributed by atoms with Crippen LogP contribution in [0.3, 0.4) is 0 Å². The quantitative estimate of drug-likeness (QED) is 0.607. The lowest BCUT2D eigenvalue weighted by Crippen LogP contribution is -2.47. The Balaban J connectivity index is 1.97. The molecule has 1 aliphatic rings. The second-order valence-corrected chi connectivity index (χ2v) is 6.02. The highest BCUT2D eigenvalue weighted by Gasteiger charge is 2.30. The number of β-amino-alcohol motifs (C(OH)–C–C–N with tert-alkyl or cyclic N) is 1. The fourth-order valence-corrected chi connectivity index (χ4v) is 3.08. The molecule has 0 aromatic carbocycles. The number of aliphatic hydroxyl groups excluding tert-OH is 1. The molecule has 1 N–H and O–H groups in total. The summed E-state index contributed by atoms with van der Waals surface area (Å²) in [5.41, 5.74) is 1.41. The van der Waals surface area contributed by atoms with Gasteiger partial charge in [0.2, 0.25) is 11.6 Å². The molecule has 3 rings (SSSR count). The number of anilines is 1. The molecule has 10 heteroatoms. The van der Waals surface area contributed by atoms with Crippen LogP contribution >= 0.6 is 0 Å². The molecule has 1 aliphatic heterocycles. The molecular weight excluding hydrogens is 326 g/mol. The van der Waals surface area contributed by atoms with Gasteiger partial charge in [-0.3, -0.25) is 15.0 Å². The van der Waals surface area contributed by atoms with Gasteiger partial charge in [-0.25, -0.2) is 14.6 Å². The monoisotopic (exact) mass is 347 g/mol. The minimum atomic E-state index is -0.443. The van der Waals surface area contributed by atoms with Crippen molar-refractivity contribution in [2.24, 2.45) is 0 Å². The van der Waals surface area contributed by atoms with Crippen LogP contribution < -0.4 is 4.90 Å². The molecule has 25 heavy (non-hydrogen) atoms. The van der Waals surface area contributed by atoms with Crippen molar-refractivity contribution in [2.45, 2.75) is 13.8 Å². The van der Waals surface area contributed by atoms with E-state index in [2.05, 4.69) is 20.0 Å². The van der Waals surface area contributed by atoms with Crippen LogP contribution in [0.4, 0.5) is 11.5 Å². The molecule has 0 spiro atoms. The van der Waals surface area contributed by atoms with E-state index in [1.807, 2.05) is 24.8 Å². The van der Waals surface area contributed by atoms with Crippen molar-refractivity contribution in [3.05, 3.63) is 33.9 Å². The second-order valence-electron chi connectivity index (χ2n) is 6.02. The van der Waals surface area contributed by atoms with E-state index >= 15 is 0 Å². The van der Waals surface area contributed by atoms with Gasteiger partial charge in [-0.15, -0.1) is 0 Å². The Labute approximate surface area is 144 Å². The van der Waals surface area contributed by atoms with Crippen LogP contribution in [0.2, 0.25) is 0 Å². The molecule has 3 heterocycles. The van der Waals surface area contributed by atoms with Crippen LogP contribution in [0.15, 0.2) is 12.4 Å². The van der Waals surface area contributed by atoms with Crippen LogP contribution in [0, 0.1) is 24.0 Å². The van der Waals surface area contributed by atoms with Gasteiger partial charge in [0.25, 0.3) is 0 Å². The molecule has 0 bridgehead atoms. The van der Waals surface area contributed by atoms with Gasteiger partial charge in [0.1, 0.15) is 6.33 Å². The van der Waals surface area contributed by atoms with Crippen molar-refractivity contribution in [3.8, 4) is 5.82 Å². The molecule has 134 valence electrons. The maximum atomic E-state index is 11.8. The minimum absolute atomic E-state index is 0.107. The molecule has 0 aliphatic carbocycles. The van der Waals surface area contributed by atoms with Crippen LogP contribution in [0.25, 0.3) is 5.82 Å². The van der Waals surface area contributed by atoms with E-state index in [1.165, 1.54) is 11.0 Å². The van der Waals surface area contributed by atoms with Gasteiger partial charge in [0.15, 0.2) is 0 Å². The van der Waals surface area contributed by atoms with Crippen molar-refractivity contribution in [1.82, 2.24) is 24.6 Å². The topological polar surface area (TPSA) is 113 Å². The summed E-state index contributed by atoms with van der Waals surface area (Å²) in [4.78, 5) is 23.6. The lowest BCUT2D eigenvalue weighted by Gasteiger charge is -2.34. The highest BCUT2D eigenvalue weighted by molar-refractivity contribution is 5.65. The molecule has 0 atom stereocenters. The number of hydrogen-bond donors (Lipinski definition) is 1. The average molecular weight is 347 g/mol. The Hall–Kier alpha value is -2.59. The molecule has 2 aromatic rings. The summed E-state index contributed by atoms with van der Waals surface area (Å²) in [6, 6.07) is 1.85. The third kappa shape index (κ3) is 3.44. The van der Waals surface area contributed by atoms with Gasteiger partial charge in [0.05, 0.1) is 17.2 Å². The highest BCUT2D eigenvalue weighted by Crippen LogP contribution is 2.31. The standard InChI is InChI=1S/C15H21N7O3/c1-11-9-12(2)21(18-11)15-13(22(24)25)14(16-10-17-15)20-5-3-19(4-6-20)7-8-23/h9-10,23H,3-8H2,1-2H3. The molecule has 0 amide bonds. The second kappa shape index (κ2) is 7.11. The summed E-state index contributed by atoms with van der Waals surface area (Å²) in [6.07, 6.45) is 1.34. The first kappa shape index (κ1) is 17.2. The first-order valence-electron chi connectivity index (χ1n) is 8.12. The molecule has 2 aromatic heterocycles. The van der Waals surface area contributed by atoms with E-state index in [-0.39, 0.29) is 18.1 Å². The summed E-state index contributed by atoms with van der Waals surface area (Å²) in [5, 5.41) is 25.1. The Kier molecular flexibility index (Phi) is 4.91. The number of hydrogen-bond acceptors (Lipinski definition) is 8. The minimum Gasteiger partial charge on any atom is -0.395 e. The smallest absolute Gasteiger partial charge is 0.355 e. The number of piperazine rings is 1. The summed E-state index contributed by atoms with van der Waals surface area (Å²) < 4.78 is 1.49. The molecule has 10 nitrogen and oxygen atoms in total. The summed E-state index contributed by atoms with van der Waals surface area (Å²) in [6.45, 7) is 7.03. The number of aromatic nitrogens is 4. The van der Waals surface area contributed by atoms with Gasteiger partial charge >= 0.3 is 5.69 Å². The van der Waals surface area contributed by atoms with E-state index in [4.69, 9.17) is 5.11 Å². The van der Waals surface area contributed by atoms with Crippen molar-refractivity contribution in [2.75, 3.05) is 44.2 Å². The number of aryl methyl sites for hydroxylation is 2. The van der Waals surface area contributed by atoms with E-state index in [0.29, 0.717) is 25.5 Å². The number of aliphatic hydroxyl groups is 1. The zero-order chi connectivity index (χ0) is 18.0. The summed E-state index contributed by atoms with van der Waals surface area (Å²) >= 11 is 0. The third-order valence-electron chi connectivity index (χ3n) is 4.26. The van der Waals surface area contributed by atoms with Gasteiger partial charge in [0, 0.05) is 38.4 Å². The Morgan fingerprint density at radius 1 is 1.20 bits per heavy atom. The molecule has 1 saturated heterocycles. The van der Waals surface area contributed by atoms with Crippen molar-refractivity contribution in [1.29, 1.82) is 0 Å². The lowest BCUT2D eigenvalue weighted by atomic mass is 10.3. The third-order valence-corrected chi connectivity index (χ3v) is 4.26. The van der Waals surface area contributed by atoms with E-state index in [1.54, 1.807) is 0 Å². The SMILES string of the molecule is Cc1cc(C)n(-c2ncnc(N3CCN(CCO)CC3)c2[N+](=O)[O-])n1. The van der Waals surface area contributed by atoms with Gasteiger partial charge < -0.3 is 10.0 Å². The van der Waals surface area contributed by atoms with E-state index in [9.17, 15) is 10.1 Å². The molecule has 1 fully saturated rings. The lowest BCUT2D eigenvalue weighted by molar-refractivity contribution is -0.384. The summed E-state index contributed by atoms with van der Waals surface area (Å²) in [7, 11) is 0. The fourth-order valence-electron chi connectivity index (χ4n) is 3.08. The van der Waals surface area contributed by atoms with Crippen molar-refractivity contribution in [3.63, 3.8) is 0 Å². The maximum Gasteiger partial charge on any atom is 0.355 e. The zero-order valence-electron chi connectivity index (χ0n) is 14.3. The van der Waals surface area contributed by atoms with Crippen LogP contribution in [-0.2, 0) is 0 Å². The van der Waals surface area contributed by atoms with Gasteiger partial charge in [-0.1, -0.05) is 0 Å². The van der Waals surface area contributed by atoms with Crippen molar-refractivity contribution < 1.29 is 10.0 Å². The predicted octanol–water partition coefficient (Wildman–Crippen LogP) is 0.302. The van der Waals surface area contributed by atoms with Crippen LogP contribution in [0.1, 0.15) is 11.4 Å². The van der Waals surface area contributed by atoms with Gasteiger partial charge in [-0.05, 0) is 19.9 Å². The zero-order valence-corrected chi connectivity index (χ0v) is 14.3. The number of nitro groups is 1. The van der Waals surface area contributed by atoms with Crippen LogP contribution in [-0.4, -0.2) is 74.0 Å². The highest BCUT2D eigenvalue weighted by atomic mass is 16.6. The maximum absolute atomic E-state index is 11.8. The molecule has 0 unspecified atom stereocenters.